The molecule has 0 unspecified atom stereocenters. The van der Waals surface area contributed by atoms with E-state index in [2.05, 4.69) is 9.71 Å². The summed E-state index contributed by atoms with van der Waals surface area (Å²) in [6.07, 6.45) is 0. The summed E-state index contributed by atoms with van der Waals surface area (Å²) in [5, 5.41) is 1.27. The van der Waals surface area contributed by atoms with Gasteiger partial charge >= 0.3 is 0 Å². The molecule has 0 amide bonds. The van der Waals surface area contributed by atoms with Gasteiger partial charge in [0.1, 0.15) is 0 Å². The highest BCUT2D eigenvalue weighted by Gasteiger charge is 2.19. The smallest absolute Gasteiger partial charge is 0.253 e. The van der Waals surface area contributed by atoms with E-state index in [1.807, 2.05) is 30.3 Å². The van der Waals surface area contributed by atoms with E-state index in [1.54, 1.807) is 36.4 Å². The molecule has 4 aromatic rings. The van der Waals surface area contributed by atoms with Crippen molar-refractivity contribution in [3.8, 4) is 11.1 Å². The van der Waals surface area contributed by atoms with Gasteiger partial charge in [0.2, 0.25) is 10.0 Å². The van der Waals surface area contributed by atoms with Crippen LogP contribution in [0.1, 0.15) is 5.56 Å². The van der Waals surface area contributed by atoms with Crippen molar-refractivity contribution in [2.75, 3.05) is 0 Å². The summed E-state index contributed by atoms with van der Waals surface area (Å²) < 4.78 is 27.8. The van der Waals surface area contributed by atoms with Crippen LogP contribution in [0, 0.1) is 0 Å². The minimum absolute atomic E-state index is 0.140. The third-order valence-electron chi connectivity index (χ3n) is 4.63. The van der Waals surface area contributed by atoms with Gasteiger partial charge in [-0.1, -0.05) is 60.1 Å². The topological polar surface area (TPSA) is 79.0 Å². The average molecular weight is 425 g/mol. The minimum Gasteiger partial charge on any atom is -0.322 e. The number of halogens is 1. The van der Waals surface area contributed by atoms with Crippen molar-refractivity contribution < 1.29 is 8.42 Å². The summed E-state index contributed by atoms with van der Waals surface area (Å²) >= 11 is 6.20. The largest absolute Gasteiger partial charge is 0.322 e. The molecule has 5 nitrogen and oxygen atoms in total. The molecule has 146 valence electrons. The van der Waals surface area contributed by atoms with E-state index in [9.17, 15) is 13.2 Å². The molecule has 0 fully saturated rings. The predicted octanol–water partition coefficient (Wildman–Crippen LogP) is 4.33. The van der Waals surface area contributed by atoms with Crippen molar-refractivity contribution >= 4 is 32.5 Å². The number of rotatable bonds is 5. The van der Waals surface area contributed by atoms with Gasteiger partial charge in [0.25, 0.3) is 5.56 Å². The Hall–Kier alpha value is -2.93. The Bertz CT molecular complexity index is 1340. The number of aromatic nitrogens is 1. The molecule has 0 radical (unpaired) electrons. The zero-order valence-electron chi connectivity index (χ0n) is 15.2. The Morgan fingerprint density at radius 2 is 1.55 bits per heavy atom. The van der Waals surface area contributed by atoms with E-state index in [1.165, 1.54) is 12.1 Å². The molecule has 7 heteroatoms. The number of nitrogens with one attached hydrogen (secondary N) is 2. The molecule has 0 saturated carbocycles. The summed E-state index contributed by atoms with van der Waals surface area (Å²) in [6, 6.07) is 22.6. The van der Waals surface area contributed by atoms with Gasteiger partial charge in [-0.25, -0.2) is 13.1 Å². The second-order valence-corrected chi connectivity index (χ2v) is 8.70. The van der Waals surface area contributed by atoms with Crippen LogP contribution < -0.4 is 10.3 Å². The molecule has 0 saturated heterocycles. The number of benzene rings is 3. The lowest BCUT2D eigenvalue weighted by atomic mass is 9.96. The normalized spacial score (nSPS) is 11.6. The van der Waals surface area contributed by atoms with E-state index < -0.39 is 10.0 Å². The fourth-order valence-electron chi connectivity index (χ4n) is 3.26. The Morgan fingerprint density at radius 3 is 2.24 bits per heavy atom. The zero-order chi connectivity index (χ0) is 20.4. The van der Waals surface area contributed by atoms with Gasteiger partial charge in [-0.2, -0.15) is 0 Å². The lowest BCUT2D eigenvalue weighted by Crippen LogP contribution is -2.27. The van der Waals surface area contributed by atoms with Crippen LogP contribution in [0.4, 0.5) is 0 Å². The average Bonchev–Trinajstić information content (AvgIpc) is 2.73. The molecule has 0 aliphatic rings. The number of fused-ring (bicyclic) bond motifs is 1. The van der Waals surface area contributed by atoms with Gasteiger partial charge < -0.3 is 4.98 Å². The van der Waals surface area contributed by atoms with Gasteiger partial charge in [-0.05, 0) is 35.9 Å². The third kappa shape index (κ3) is 3.96. The number of hydrogen-bond donors (Lipinski definition) is 2. The second kappa shape index (κ2) is 7.83. The number of sulfonamides is 1. The first-order valence-corrected chi connectivity index (χ1v) is 10.8. The molecule has 3 aromatic carbocycles. The molecule has 1 heterocycles. The van der Waals surface area contributed by atoms with E-state index in [0.29, 0.717) is 21.7 Å². The van der Waals surface area contributed by atoms with Crippen LogP contribution in [0.15, 0.2) is 88.6 Å². The number of aromatic amines is 1. The van der Waals surface area contributed by atoms with Crippen molar-refractivity contribution in [2.45, 2.75) is 11.4 Å². The summed E-state index contributed by atoms with van der Waals surface area (Å²) in [5.74, 6) is 0. The van der Waals surface area contributed by atoms with Crippen molar-refractivity contribution in [1.29, 1.82) is 0 Å². The fourth-order valence-corrected chi connectivity index (χ4v) is 4.45. The molecule has 0 aliphatic heterocycles. The molecule has 4 rings (SSSR count). The molecule has 29 heavy (non-hydrogen) atoms. The van der Waals surface area contributed by atoms with Crippen LogP contribution in [0.5, 0.6) is 0 Å². The first-order chi connectivity index (χ1) is 14.0. The molecular weight excluding hydrogens is 408 g/mol. The maximum Gasteiger partial charge on any atom is 0.253 e. The van der Waals surface area contributed by atoms with Gasteiger partial charge in [-0.15, -0.1) is 0 Å². The van der Waals surface area contributed by atoms with Gasteiger partial charge in [-0.3, -0.25) is 4.79 Å². The molecule has 1 aromatic heterocycles. The molecular formula is C22H17ClN2O3S. The number of pyridine rings is 1. The van der Waals surface area contributed by atoms with Crippen LogP contribution in [0.3, 0.4) is 0 Å². The molecule has 0 atom stereocenters. The van der Waals surface area contributed by atoms with E-state index >= 15 is 0 Å². The number of H-pyrrole nitrogens is 1. The lowest BCUT2D eigenvalue weighted by molar-refractivity contribution is 0.581. The van der Waals surface area contributed by atoms with Gasteiger partial charge in [0.05, 0.1) is 4.90 Å². The summed E-state index contributed by atoms with van der Waals surface area (Å²) in [5.41, 5.74) is 2.07. The first-order valence-electron chi connectivity index (χ1n) is 8.90. The van der Waals surface area contributed by atoms with Crippen molar-refractivity contribution in [3.05, 3.63) is 99.8 Å². The molecule has 0 aliphatic carbocycles. The highest BCUT2D eigenvalue weighted by molar-refractivity contribution is 7.89. The number of hydrogen-bond acceptors (Lipinski definition) is 3. The Morgan fingerprint density at radius 1 is 0.897 bits per heavy atom. The van der Waals surface area contributed by atoms with Gasteiger partial charge in [0.15, 0.2) is 0 Å². The SMILES string of the molecule is O=c1[nH]c2ccc(Cl)cc2c(-c2ccccc2)c1CNS(=O)(=O)c1ccccc1. The second-order valence-electron chi connectivity index (χ2n) is 6.50. The van der Waals surface area contributed by atoms with E-state index in [-0.39, 0.29) is 17.0 Å². The van der Waals surface area contributed by atoms with E-state index in [0.717, 1.165) is 10.9 Å². The first kappa shape index (κ1) is 19.4. The highest BCUT2D eigenvalue weighted by Crippen LogP contribution is 2.31. The lowest BCUT2D eigenvalue weighted by Gasteiger charge is -2.14. The van der Waals surface area contributed by atoms with Crippen LogP contribution >= 0.6 is 11.6 Å². The summed E-state index contributed by atoms with van der Waals surface area (Å²) in [7, 11) is -3.76. The van der Waals surface area contributed by atoms with Crippen molar-refractivity contribution in [2.24, 2.45) is 0 Å². The Labute approximate surface area is 173 Å². The summed E-state index contributed by atoms with van der Waals surface area (Å²) in [6.45, 7) is -0.154. The molecule has 2 N–H and O–H groups in total. The van der Waals surface area contributed by atoms with Crippen LogP contribution in [-0.2, 0) is 16.6 Å². The zero-order valence-corrected chi connectivity index (χ0v) is 16.8. The fraction of sp³-hybridized carbons (Fsp3) is 0.0455. The highest BCUT2D eigenvalue weighted by atomic mass is 35.5. The third-order valence-corrected chi connectivity index (χ3v) is 6.28. The van der Waals surface area contributed by atoms with Crippen LogP contribution in [0.2, 0.25) is 5.02 Å². The Kier molecular flexibility index (Phi) is 5.24. The monoisotopic (exact) mass is 424 g/mol. The van der Waals surface area contributed by atoms with Crippen LogP contribution in [-0.4, -0.2) is 13.4 Å². The minimum atomic E-state index is -3.76. The van der Waals surface area contributed by atoms with Crippen molar-refractivity contribution in [3.63, 3.8) is 0 Å². The Balaban J connectivity index is 1.86. The van der Waals surface area contributed by atoms with Gasteiger partial charge in [0, 0.05) is 33.6 Å². The summed E-state index contributed by atoms with van der Waals surface area (Å²) in [4.78, 5) is 15.8. The quantitative estimate of drug-likeness (QED) is 0.500. The predicted molar refractivity (Wildman–Crippen MR) is 115 cm³/mol. The standard InChI is InChI=1S/C22H17ClN2O3S/c23-16-11-12-20-18(13-16)21(15-7-3-1-4-8-15)19(22(26)25-20)14-24-29(27,28)17-9-5-2-6-10-17/h1-13,24H,14H2,(H,25,26). The molecule has 0 spiro atoms. The maximum atomic E-state index is 12.8. The van der Waals surface area contributed by atoms with Crippen LogP contribution in [0.25, 0.3) is 22.0 Å². The molecule has 0 bridgehead atoms. The maximum absolute atomic E-state index is 12.8. The van der Waals surface area contributed by atoms with Crippen molar-refractivity contribution in [1.82, 2.24) is 9.71 Å². The van der Waals surface area contributed by atoms with E-state index in [4.69, 9.17) is 11.6 Å².